The summed E-state index contributed by atoms with van der Waals surface area (Å²) >= 11 is 0. The van der Waals surface area contributed by atoms with Crippen molar-refractivity contribution in [2.45, 2.75) is 0 Å². The zero-order valence-corrected chi connectivity index (χ0v) is 16.4. The van der Waals surface area contributed by atoms with Gasteiger partial charge >= 0.3 is 6.03 Å². The third kappa shape index (κ3) is 8.38. The summed E-state index contributed by atoms with van der Waals surface area (Å²) in [6, 6.07) is 10.9. The molecule has 156 valence electrons. The molecule has 29 heavy (non-hydrogen) atoms. The smallest absolute Gasteiger partial charge is 0.330 e. The molecule has 3 rings (SSSR count). The maximum atomic E-state index is 11.5. The van der Waals surface area contributed by atoms with Crippen molar-refractivity contribution < 1.29 is 36.3 Å². The number of pyridine rings is 2. The summed E-state index contributed by atoms with van der Waals surface area (Å²) in [6.45, 7) is 0. The fourth-order valence-corrected chi connectivity index (χ4v) is 2.02. The standard InChI is InChI=1S/C10H8N2.C9H11N3O3.Ni.H2O/c1-3-7-11-9(5-1)10-6-2-4-8-12-10;1-15-7-4-2-3-6(8(7)13)5-11-12-9(10)14;;/h1-8H;2-5,11H,1H3,(H3,10,12,14);;1H2/b;6-5-;;. The van der Waals surface area contributed by atoms with Crippen LogP contribution in [0.1, 0.15) is 0 Å². The third-order valence-corrected chi connectivity index (χ3v) is 3.24. The first kappa shape index (κ1) is 25.5. The molecule has 2 heterocycles. The van der Waals surface area contributed by atoms with Crippen LogP contribution in [0.4, 0.5) is 4.79 Å². The Balaban J connectivity index is 0.000000514. The van der Waals surface area contributed by atoms with Crippen molar-refractivity contribution in [1.29, 1.82) is 0 Å². The number of hydrogen-bond donors (Lipinski definition) is 3. The van der Waals surface area contributed by atoms with E-state index in [0.29, 0.717) is 5.57 Å². The fraction of sp³-hybridized carbons (Fsp3) is 0.0526. The molecule has 0 aliphatic heterocycles. The Bertz CT molecular complexity index is 833. The number of ketones is 1. The summed E-state index contributed by atoms with van der Waals surface area (Å²) in [7, 11) is 1.41. The molecule has 6 N–H and O–H groups in total. The number of methoxy groups -OCH3 is 1. The van der Waals surface area contributed by atoms with Gasteiger partial charge in [-0.1, -0.05) is 18.2 Å². The van der Waals surface area contributed by atoms with E-state index in [1.165, 1.54) is 13.3 Å². The number of rotatable bonds is 4. The van der Waals surface area contributed by atoms with E-state index >= 15 is 0 Å². The van der Waals surface area contributed by atoms with Gasteiger partial charge < -0.3 is 21.4 Å². The van der Waals surface area contributed by atoms with Crippen LogP contribution in [0.15, 0.2) is 84.6 Å². The average molecular weight is 442 g/mol. The summed E-state index contributed by atoms with van der Waals surface area (Å²) in [5.41, 5.74) is 11.5. The predicted octanol–water partition coefficient (Wildman–Crippen LogP) is 1.03. The Morgan fingerprint density at radius 3 is 2.14 bits per heavy atom. The van der Waals surface area contributed by atoms with Crippen molar-refractivity contribution in [2.24, 2.45) is 5.73 Å². The van der Waals surface area contributed by atoms with Crippen LogP contribution in [0, 0.1) is 0 Å². The first-order valence-electron chi connectivity index (χ1n) is 7.92. The molecule has 1 aliphatic rings. The number of amides is 2. The molecule has 0 saturated heterocycles. The van der Waals surface area contributed by atoms with E-state index in [-0.39, 0.29) is 33.5 Å². The van der Waals surface area contributed by atoms with Gasteiger partial charge in [0.2, 0.25) is 5.78 Å². The number of nitrogens with one attached hydrogen (secondary N) is 2. The Morgan fingerprint density at radius 2 is 1.69 bits per heavy atom. The zero-order chi connectivity index (χ0) is 19.5. The molecule has 2 amide bonds. The number of ether oxygens (including phenoxy) is 1. The van der Waals surface area contributed by atoms with E-state index in [2.05, 4.69) is 20.8 Å². The molecule has 2 aromatic rings. The van der Waals surface area contributed by atoms with Gasteiger partial charge in [0.25, 0.3) is 0 Å². The van der Waals surface area contributed by atoms with Gasteiger partial charge in [-0.05, 0) is 36.4 Å². The van der Waals surface area contributed by atoms with Gasteiger partial charge in [-0.2, -0.15) is 0 Å². The van der Waals surface area contributed by atoms with Crippen molar-refractivity contribution in [1.82, 2.24) is 20.8 Å². The van der Waals surface area contributed by atoms with Crippen LogP contribution in [0.5, 0.6) is 0 Å². The molecule has 0 atom stereocenters. The van der Waals surface area contributed by atoms with Crippen LogP contribution in [0.2, 0.25) is 0 Å². The topological polar surface area (TPSA) is 151 Å². The van der Waals surface area contributed by atoms with Gasteiger partial charge in [-0.25, -0.2) is 4.79 Å². The normalized spacial score (nSPS) is 12.9. The molecular formula is C19H21N5NiO4. The number of hydrogen-bond acceptors (Lipinski definition) is 6. The molecular weight excluding hydrogens is 421 g/mol. The number of primary amides is 1. The molecule has 0 bridgehead atoms. The Kier molecular flexibility index (Phi) is 12.0. The van der Waals surface area contributed by atoms with E-state index in [1.807, 2.05) is 36.4 Å². The number of nitrogens with two attached hydrogens (primary N) is 1. The Morgan fingerprint density at radius 1 is 1.10 bits per heavy atom. The summed E-state index contributed by atoms with van der Waals surface area (Å²) in [5, 5.41) is 0. The SMILES string of the molecule is COC1=CC=C/C(=C/NNC(N)=O)C1=O.O.[Ni].c1ccc(-c2ccccn2)nc1. The first-order valence-corrected chi connectivity index (χ1v) is 7.92. The summed E-state index contributed by atoms with van der Waals surface area (Å²) < 4.78 is 4.84. The second kappa shape index (κ2) is 13.6. The largest absolute Gasteiger partial charge is 0.493 e. The second-order valence-corrected chi connectivity index (χ2v) is 5.09. The van der Waals surface area contributed by atoms with Crippen LogP contribution in [-0.4, -0.2) is 34.4 Å². The minimum atomic E-state index is -0.735. The zero-order valence-electron chi connectivity index (χ0n) is 15.4. The van der Waals surface area contributed by atoms with Crippen LogP contribution in [0.25, 0.3) is 11.4 Å². The van der Waals surface area contributed by atoms with E-state index in [4.69, 9.17) is 10.5 Å². The maximum absolute atomic E-state index is 11.5. The summed E-state index contributed by atoms with van der Waals surface area (Å²) in [4.78, 5) is 30.2. The number of hydrazine groups is 1. The minimum Gasteiger partial charge on any atom is -0.493 e. The van der Waals surface area contributed by atoms with E-state index < -0.39 is 6.03 Å². The van der Waals surface area contributed by atoms with Crippen molar-refractivity contribution in [3.05, 3.63) is 84.6 Å². The number of Topliss-reactive ketones (excluding diaryl/α,β-unsaturated/α-hetero) is 1. The molecule has 0 radical (unpaired) electrons. The maximum Gasteiger partial charge on any atom is 0.330 e. The van der Waals surface area contributed by atoms with E-state index in [0.717, 1.165) is 11.4 Å². The number of aromatic nitrogens is 2. The van der Waals surface area contributed by atoms with Crippen LogP contribution >= 0.6 is 0 Å². The molecule has 2 aromatic heterocycles. The van der Waals surface area contributed by atoms with Crippen LogP contribution in [-0.2, 0) is 26.0 Å². The second-order valence-electron chi connectivity index (χ2n) is 5.09. The van der Waals surface area contributed by atoms with Crippen molar-refractivity contribution in [3.63, 3.8) is 0 Å². The summed E-state index contributed by atoms with van der Waals surface area (Å²) in [6.07, 6.45) is 9.67. The van der Waals surface area contributed by atoms with Gasteiger partial charge in [0.05, 0.1) is 18.5 Å². The molecule has 0 spiro atoms. The Labute approximate surface area is 178 Å². The van der Waals surface area contributed by atoms with Gasteiger partial charge in [0, 0.05) is 40.7 Å². The number of carbonyl (C=O) groups is 2. The molecule has 1 aliphatic carbocycles. The molecule has 0 aromatic carbocycles. The van der Waals surface area contributed by atoms with Crippen LogP contribution in [0.3, 0.4) is 0 Å². The summed E-state index contributed by atoms with van der Waals surface area (Å²) in [5.74, 6) is -0.0246. The Hall–Kier alpha value is -3.49. The van der Waals surface area contributed by atoms with E-state index in [1.54, 1.807) is 30.6 Å². The number of nitrogens with zero attached hydrogens (tertiary/aromatic N) is 2. The van der Waals surface area contributed by atoms with Crippen molar-refractivity contribution in [2.75, 3.05) is 7.11 Å². The number of allylic oxidation sites excluding steroid dienone is 4. The number of urea groups is 1. The molecule has 0 unspecified atom stereocenters. The van der Waals surface area contributed by atoms with Gasteiger partial charge in [0.15, 0.2) is 5.76 Å². The molecule has 9 nitrogen and oxygen atoms in total. The molecule has 10 heteroatoms. The third-order valence-electron chi connectivity index (χ3n) is 3.24. The quantitative estimate of drug-likeness (QED) is 0.366. The average Bonchev–Trinajstić information content (AvgIpc) is 2.71. The van der Waals surface area contributed by atoms with E-state index in [9.17, 15) is 9.59 Å². The number of carbonyl (C=O) groups excluding carboxylic acids is 2. The monoisotopic (exact) mass is 441 g/mol. The minimum absolute atomic E-state index is 0. The molecule has 0 saturated carbocycles. The van der Waals surface area contributed by atoms with Gasteiger partial charge in [0.1, 0.15) is 0 Å². The van der Waals surface area contributed by atoms with Crippen molar-refractivity contribution >= 4 is 11.8 Å². The predicted molar refractivity (Wildman–Crippen MR) is 104 cm³/mol. The fourth-order valence-electron chi connectivity index (χ4n) is 2.02. The van der Waals surface area contributed by atoms with Gasteiger partial charge in [-0.3, -0.25) is 20.2 Å². The van der Waals surface area contributed by atoms with Gasteiger partial charge in [-0.15, -0.1) is 0 Å². The first-order chi connectivity index (χ1) is 13.1. The van der Waals surface area contributed by atoms with Crippen LogP contribution < -0.4 is 16.6 Å². The molecule has 0 fully saturated rings. The van der Waals surface area contributed by atoms with Crippen molar-refractivity contribution in [3.8, 4) is 11.4 Å².